The van der Waals surface area contributed by atoms with E-state index in [1.807, 2.05) is 49.4 Å². The first-order valence-electron chi connectivity index (χ1n) is 11.9. The summed E-state index contributed by atoms with van der Waals surface area (Å²) in [5.74, 6) is 0.903. The molecule has 1 atom stereocenters. The maximum absolute atomic E-state index is 13.9. The van der Waals surface area contributed by atoms with Gasteiger partial charge in [0, 0.05) is 9.13 Å². The van der Waals surface area contributed by atoms with E-state index >= 15 is 0 Å². The van der Waals surface area contributed by atoms with E-state index in [0.29, 0.717) is 45.3 Å². The van der Waals surface area contributed by atoms with Gasteiger partial charge in [-0.1, -0.05) is 36.1 Å². The molecule has 0 saturated carbocycles. The molecule has 1 aliphatic heterocycles. The SMILES string of the molecule is C=CCOc1c(I)cc(I)cc1/C=c1\sc2n(c1=O)[C@H](c1ccc(OCC)cc1)C(C(=O)OCC)=C(C)N=2. The number of halogens is 2. The molecule has 0 fully saturated rings. The Hall–Kier alpha value is -2.45. The van der Waals surface area contributed by atoms with Crippen LogP contribution in [0.2, 0.25) is 0 Å². The second-order valence-corrected chi connectivity index (χ2v) is 11.6. The van der Waals surface area contributed by atoms with Gasteiger partial charge in [0.15, 0.2) is 4.80 Å². The lowest BCUT2D eigenvalue weighted by molar-refractivity contribution is -0.139. The average molecular weight is 756 g/mol. The average Bonchev–Trinajstić information content (AvgIpc) is 3.17. The molecule has 2 heterocycles. The van der Waals surface area contributed by atoms with Crippen LogP contribution in [-0.4, -0.2) is 30.4 Å². The standard InChI is InChI=1S/C28H26I2N2O5S/c1-5-12-37-25-18(13-19(29)15-21(25)30)14-22-26(33)32-24(17-8-10-20(11-9-17)35-6-2)23(27(34)36-7-3)16(4)31-28(32)38-22/h5,8-11,13-15,24H,1,6-7,12H2,2-4H3/b22-14-/t24-/m1/s1. The van der Waals surface area contributed by atoms with Crippen molar-refractivity contribution in [2.24, 2.45) is 4.99 Å². The van der Waals surface area contributed by atoms with Gasteiger partial charge in [0.25, 0.3) is 5.56 Å². The molecule has 7 nitrogen and oxygen atoms in total. The number of carbonyl (C=O) groups is 1. The highest BCUT2D eigenvalue weighted by Crippen LogP contribution is 2.32. The quantitative estimate of drug-likeness (QED) is 0.175. The van der Waals surface area contributed by atoms with Gasteiger partial charge in [-0.15, -0.1) is 0 Å². The molecule has 198 valence electrons. The molecule has 2 aromatic carbocycles. The number of carbonyl (C=O) groups excluding carboxylic acids is 1. The number of thiazole rings is 1. The summed E-state index contributed by atoms with van der Waals surface area (Å²) in [6, 6.07) is 10.7. The molecule has 0 amide bonds. The number of rotatable bonds is 9. The third-order valence-electron chi connectivity index (χ3n) is 5.69. The fourth-order valence-corrected chi connectivity index (χ4v) is 7.23. The number of nitrogens with zero attached hydrogens (tertiary/aromatic N) is 2. The van der Waals surface area contributed by atoms with E-state index in [1.54, 1.807) is 24.5 Å². The Morgan fingerprint density at radius 3 is 2.55 bits per heavy atom. The van der Waals surface area contributed by atoms with Crippen LogP contribution in [0.25, 0.3) is 6.08 Å². The van der Waals surface area contributed by atoms with Crippen molar-refractivity contribution in [2.45, 2.75) is 26.8 Å². The van der Waals surface area contributed by atoms with Gasteiger partial charge in [-0.2, -0.15) is 0 Å². The van der Waals surface area contributed by atoms with Gasteiger partial charge in [0.2, 0.25) is 0 Å². The normalized spacial score (nSPS) is 15.1. The molecule has 0 saturated heterocycles. The van der Waals surface area contributed by atoms with E-state index in [9.17, 15) is 9.59 Å². The van der Waals surface area contributed by atoms with Gasteiger partial charge in [0.1, 0.15) is 18.1 Å². The van der Waals surface area contributed by atoms with E-state index < -0.39 is 12.0 Å². The summed E-state index contributed by atoms with van der Waals surface area (Å²) in [4.78, 5) is 32.2. The molecule has 0 bridgehead atoms. The monoisotopic (exact) mass is 756 g/mol. The van der Waals surface area contributed by atoms with Crippen molar-refractivity contribution in [3.63, 3.8) is 0 Å². The highest BCUT2D eigenvalue weighted by atomic mass is 127. The lowest BCUT2D eigenvalue weighted by Crippen LogP contribution is -2.39. The summed E-state index contributed by atoms with van der Waals surface area (Å²) < 4.78 is 20.9. The molecular weight excluding hydrogens is 730 g/mol. The summed E-state index contributed by atoms with van der Waals surface area (Å²) >= 11 is 5.75. The zero-order valence-electron chi connectivity index (χ0n) is 21.1. The van der Waals surface area contributed by atoms with Crippen molar-refractivity contribution in [2.75, 3.05) is 19.8 Å². The number of hydrogen-bond donors (Lipinski definition) is 0. The van der Waals surface area contributed by atoms with Crippen LogP contribution in [0.4, 0.5) is 0 Å². The van der Waals surface area contributed by atoms with Crippen LogP contribution >= 0.6 is 56.5 Å². The van der Waals surface area contributed by atoms with Crippen LogP contribution in [0, 0.1) is 7.14 Å². The molecule has 0 aliphatic carbocycles. The Labute approximate surface area is 251 Å². The topological polar surface area (TPSA) is 79.1 Å². The Morgan fingerprint density at radius 1 is 1.16 bits per heavy atom. The number of hydrogen-bond acceptors (Lipinski definition) is 7. The first-order chi connectivity index (χ1) is 18.3. The van der Waals surface area contributed by atoms with Crippen molar-refractivity contribution in [1.29, 1.82) is 0 Å². The van der Waals surface area contributed by atoms with Crippen molar-refractivity contribution >= 4 is 68.6 Å². The van der Waals surface area contributed by atoms with Crippen LogP contribution in [0.3, 0.4) is 0 Å². The van der Waals surface area contributed by atoms with E-state index in [2.05, 4.69) is 56.8 Å². The molecule has 38 heavy (non-hydrogen) atoms. The van der Waals surface area contributed by atoms with Gasteiger partial charge in [-0.05, 0) is 102 Å². The summed E-state index contributed by atoms with van der Waals surface area (Å²) in [5, 5.41) is 0. The molecule has 0 N–H and O–H groups in total. The number of allylic oxidation sites excluding steroid dienone is 1. The summed E-state index contributed by atoms with van der Waals surface area (Å²) in [6.07, 6.45) is 3.51. The summed E-state index contributed by atoms with van der Waals surface area (Å²) in [5.41, 5.74) is 2.16. The van der Waals surface area contributed by atoms with Crippen LogP contribution < -0.4 is 24.4 Å². The Kier molecular flexibility index (Phi) is 9.47. The molecular formula is C28H26I2N2O5S. The van der Waals surface area contributed by atoms with E-state index in [4.69, 9.17) is 14.2 Å². The first-order valence-corrected chi connectivity index (χ1v) is 14.9. The molecule has 0 unspecified atom stereocenters. The summed E-state index contributed by atoms with van der Waals surface area (Å²) in [7, 11) is 0. The highest BCUT2D eigenvalue weighted by Gasteiger charge is 2.33. The highest BCUT2D eigenvalue weighted by molar-refractivity contribution is 14.1. The predicted octanol–water partition coefficient (Wildman–Crippen LogP) is 4.97. The zero-order valence-corrected chi connectivity index (χ0v) is 26.3. The smallest absolute Gasteiger partial charge is 0.338 e. The van der Waals surface area contributed by atoms with Crippen molar-refractivity contribution in [3.05, 3.63) is 98.3 Å². The van der Waals surface area contributed by atoms with Crippen molar-refractivity contribution in [3.8, 4) is 11.5 Å². The van der Waals surface area contributed by atoms with Crippen LogP contribution in [0.1, 0.15) is 37.9 Å². The number of aromatic nitrogens is 1. The molecule has 3 aromatic rings. The minimum absolute atomic E-state index is 0.217. The predicted molar refractivity (Wildman–Crippen MR) is 166 cm³/mol. The molecule has 0 spiro atoms. The van der Waals surface area contributed by atoms with Crippen molar-refractivity contribution in [1.82, 2.24) is 4.57 Å². The van der Waals surface area contributed by atoms with Crippen LogP contribution in [-0.2, 0) is 9.53 Å². The minimum atomic E-state index is -0.685. The molecule has 0 radical (unpaired) electrons. The van der Waals surface area contributed by atoms with Crippen LogP contribution in [0.15, 0.2) is 70.1 Å². The number of benzene rings is 2. The van der Waals surface area contributed by atoms with E-state index in [1.165, 1.54) is 11.3 Å². The third-order valence-corrected chi connectivity index (χ3v) is 8.10. The van der Waals surface area contributed by atoms with Gasteiger partial charge < -0.3 is 14.2 Å². The largest absolute Gasteiger partial charge is 0.494 e. The lowest BCUT2D eigenvalue weighted by Gasteiger charge is -2.24. The molecule has 4 rings (SSSR count). The molecule has 1 aromatic heterocycles. The Bertz CT molecular complexity index is 1590. The first kappa shape index (κ1) is 28.6. The number of ether oxygens (including phenoxy) is 3. The third kappa shape index (κ3) is 5.91. The Balaban J connectivity index is 1.93. The minimum Gasteiger partial charge on any atom is -0.494 e. The summed E-state index contributed by atoms with van der Waals surface area (Å²) in [6.45, 7) is 10.3. The number of fused-ring (bicyclic) bond motifs is 1. The van der Waals surface area contributed by atoms with Gasteiger partial charge >= 0.3 is 5.97 Å². The zero-order chi connectivity index (χ0) is 27.4. The van der Waals surface area contributed by atoms with Gasteiger partial charge in [-0.25, -0.2) is 9.79 Å². The van der Waals surface area contributed by atoms with Gasteiger partial charge in [-0.3, -0.25) is 9.36 Å². The van der Waals surface area contributed by atoms with Crippen molar-refractivity contribution < 1.29 is 19.0 Å². The maximum Gasteiger partial charge on any atom is 0.338 e. The van der Waals surface area contributed by atoms with E-state index in [-0.39, 0.29) is 12.2 Å². The Morgan fingerprint density at radius 2 is 1.89 bits per heavy atom. The second kappa shape index (κ2) is 12.6. The number of esters is 1. The van der Waals surface area contributed by atoms with Gasteiger partial charge in [0.05, 0.1) is 38.6 Å². The fourth-order valence-electron chi connectivity index (χ4n) is 4.14. The van der Waals surface area contributed by atoms with Crippen LogP contribution in [0.5, 0.6) is 11.5 Å². The fraction of sp³-hybridized carbons (Fsp3) is 0.250. The lowest BCUT2D eigenvalue weighted by atomic mass is 9.96. The molecule has 1 aliphatic rings. The maximum atomic E-state index is 13.9. The second-order valence-electron chi connectivity index (χ2n) is 8.21. The van der Waals surface area contributed by atoms with E-state index in [0.717, 1.165) is 18.3 Å². The molecule has 10 heteroatoms.